The van der Waals surface area contributed by atoms with Crippen LogP contribution in [0, 0.1) is 20.8 Å². The Labute approximate surface area is 184 Å². The standard InChI is InChI=1S/C25H20N4O3/c1-13-5-8-19(11-14(13)2)29-23-21(15(3)27-29)22-20(12-26-23)24(31)28(25(22)32)18-9-6-17(7-10-18)16(4)30/h5-12H,1-4H3. The SMILES string of the molecule is CC(=O)c1ccc(N2C(=O)c3cnc4c(c(C)nn4-c4ccc(C)c(C)c4)c3C2=O)cc1. The molecule has 0 saturated carbocycles. The summed E-state index contributed by atoms with van der Waals surface area (Å²) in [6.45, 7) is 7.35. The summed E-state index contributed by atoms with van der Waals surface area (Å²) >= 11 is 0. The van der Waals surface area contributed by atoms with Gasteiger partial charge in [-0.05, 0) is 75.2 Å². The van der Waals surface area contributed by atoms with Crippen molar-refractivity contribution in [3.63, 3.8) is 0 Å². The van der Waals surface area contributed by atoms with Crippen LogP contribution in [0.1, 0.15) is 54.8 Å². The van der Waals surface area contributed by atoms with Crippen LogP contribution in [0.2, 0.25) is 0 Å². The van der Waals surface area contributed by atoms with Crippen LogP contribution in [0.25, 0.3) is 16.7 Å². The first-order valence-corrected chi connectivity index (χ1v) is 10.2. The monoisotopic (exact) mass is 424 g/mol. The molecule has 2 aromatic heterocycles. The third-order valence-electron chi connectivity index (χ3n) is 5.99. The Kier molecular flexibility index (Phi) is 4.30. The third-order valence-corrected chi connectivity index (χ3v) is 5.99. The maximum absolute atomic E-state index is 13.4. The van der Waals surface area contributed by atoms with Crippen molar-refractivity contribution >= 4 is 34.3 Å². The first-order chi connectivity index (χ1) is 15.3. The smallest absolute Gasteiger partial charge is 0.267 e. The van der Waals surface area contributed by atoms with Crippen LogP contribution in [0.15, 0.2) is 48.7 Å². The average Bonchev–Trinajstić information content (AvgIpc) is 3.24. The van der Waals surface area contributed by atoms with E-state index < -0.39 is 11.8 Å². The number of aryl methyl sites for hydroxylation is 3. The van der Waals surface area contributed by atoms with E-state index in [2.05, 4.69) is 10.1 Å². The number of aromatic nitrogens is 3. The van der Waals surface area contributed by atoms with Gasteiger partial charge in [0.15, 0.2) is 11.4 Å². The molecule has 32 heavy (non-hydrogen) atoms. The van der Waals surface area contributed by atoms with Crippen LogP contribution in [-0.4, -0.2) is 32.4 Å². The van der Waals surface area contributed by atoms with Crippen molar-refractivity contribution in [2.75, 3.05) is 4.90 Å². The lowest BCUT2D eigenvalue weighted by molar-refractivity contribution is 0.0925. The Hall–Kier alpha value is -4.13. The summed E-state index contributed by atoms with van der Waals surface area (Å²) in [5, 5.41) is 5.20. The average molecular weight is 424 g/mol. The number of ketones is 1. The van der Waals surface area contributed by atoms with E-state index in [1.807, 2.05) is 39.0 Å². The Morgan fingerprint density at radius 1 is 0.875 bits per heavy atom. The number of imide groups is 1. The number of hydrogen-bond donors (Lipinski definition) is 0. The van der Waals surface area contributed by atoms with Gasteiger partial charge in [-0.25, -0.2) is 14.6 Å². The molecule has 3 heterocycles. The number of hydrogen-bond acceptors (Lipinski definition) is 5. The quantitative estimate of drug-likeness (QED) is 0.361. The van der Waals surface area contributed by atoms with Gasteiger partial charge in [0.25, 0.3) is 11.8 Å². The van der Waals surface area contributed by atoms with Crippen molar-refractivity contribution < 1.29 is 14.4 Å². The molecule has 0 N–H and O–H groups in total. The van der Waals surface area contributed by atoms with Crippen LogP contribution in [0.3, 0.4) is 0 Å². The zero-order valence-electron chi connectivity index (χ0n) is 18.1. The van der Waals surface area contributed by atoms with E-state index in [9.17, 15) is 14.4 Å². The maximum atomic E-state index is 13.4. The Morgan fingerprint density at radius 2 is 1.56 bits per heavy atom. The molecule has 0 unspecified atom stereocenters. The van der Waals surface area contributed by atoms with E-state index in [0.29, 0.717) is 33.5 Å². The molecule has 158 valence electrons. The number of rotatable bonds is 3. The van der Waals surface area contributed by atoms with Gasteiger partial charge in [-0.15, -0.1) is 0 Å². The molecular formula is C25H20N4O3. The molecule has 1 aliphatic rings. The number of pyridine rings is 1. The van der Waals surface area contributed by atoms with Crippen LogP contribution < -0.4 is 4.90 Å². The minimum atomic E-state index is -0.437. The van der Waals surface area contributed by atoms with Crippen molar-refractivity contribution in [1.29, 1.82) is 0 Å². The van der Waals surface area contributed by atoms with E-state index >= 15 is 0 Å². The lowest BCUT2D eigenvalue weighted by Crippen LogP contribution is -2.29. The lowest BCUT2D eigenvalue weighted by atomic mass is 10.1. The number of amides is 2. The number of carbonyl (C=O) groups excluding carboxylic acids is 3. The molecular weight excluding hydrogens is 404 g/mol. The highest BCUT2D eigenvalue weighted by atomic mass is 16.2. The summed E-state index contributed by atoms with van der Waals surface area (Å²) in [5.74, 6) is -0.941. The first kappa shape index (κ1) is 19.8. The fourth-order valence-corrected chi connectivity index (χ4v) is 4.08. The summed E-state index contributed by atoms with van der Waals surface area (Å²) in [4.78, 5) is 43.7. The highest BCUT2D eigenvalue weighted by Crippen LogP contribution is 2.34. The predicted molar refractivity (Wildman–Crippen MR) is 121 cm³/mol. The molecule has 7 heteroatoms. The Bertz CT molecular complexity index is 1470. The summed E-state index contributed by atoms with van der Waals surface area (Å²) < 4.78 is 1.71. The van der Waals surface area contributed by atoms with Crippen molar-refractivity contribution in [2.24, 2.45) is 0 Å². The van der Waals surface area contributed by atoms with Gasteiger partial charge < -0.3 is 0 Å². The Balaban J connectivity index is 1.66. The Morgan fingerprint density at radius 3 is 2.22 bits per heavy atom. The number of carbonyl (C=O) groups is 3. The summed E-state index contributed by atoms with van der Waals surface area (Å²) in [6.07, 6.45) is 1.44. The molecule has 0 bridgehead atoms. The summed E-state index contributed by atoms with van der Waals surface area (Å²) in [7, 11) is 0. The second-order valence-electron chi connectivity index (χ2n) is 8.06. The molecule has 7 nitrogen and oxygen atoms in total. The predicted octanol–water partition coefficient (Wildman–Crippen LogP) is 4.35. The van der Waals surface area contributed by atoms with Gasteiger partial charge >= 0.3 is 0 Å². The van der Waals surface area contributed by atoms with Crippen LogP contribution in [0.5, 0.6) is 0 Å². The van der Waals surface area contributed by atoms with E-state index in [-0.39, 0.29) is 11.3 Å². The van der Waals surface area contributed by atoms with Gasteiger partial charge in [0.05, 0.1) is 33.6 Å². The third kappa shape index (κ3) is 2.78. The fourth-order valence-electron chi connectivity index (χ4n) is 4.08. The largest absolute Gasteiger partial charge is 0.295 e. The van der Waals surface area contributed by atoms with Crippen LogP contribution in [0.4, 0.5) is 5.69 Å². The lowest BCUT2D eigenvalue weighted by Gasteiger charge is -2.14. The number of benzene rings is 2. The second kappa shape index (κ2) is 6.95. The van der Waals surface area contributed by atoms with Gasteiger partial charge in [0.2, 0.25) is 0 Å². The fraction of sp³-hybridized carbons (Fsp3) is 0.160. The van der Waals surface area contributed by atoms with Crippen molar-refractivity contribution in [1.82, 2.24) is 14.8 Å². The minimum Gasteiger partial charge on any atom is -0.295 e. The van der Waals surface area contributed by atoms with Crippen LogP contribution >= 0.6 is 0 Å². The number of anilines is 1. The first-order valence-electron chi connectivity index (χ1n) is 10.2. The second-order valence-corrected chi connectivity index (χ2v) is 8.06. The van der Waals surface area contributed by atoms with Gasteiger partial charge in [-0.1, -0.05) is 6.07 Å². The summed E-state index contributed by atoms with van der Waals surface area (Å²) in [5.41, 5.74) is 5.76. The van der Waals surface area contributed by atoms with E-state index in [1.165, 1.54) is 18.7 Å². The zero-order chi connectivity index (χ0) is 22.7. The summed E-state index contributed by atoms with van der Waals surface area (Å²) in [6, 6.07) is 12.4. The molecule has 2 aromatic carbocycles. The number of fused-ring (bicyclic) bond motifs is 3. The van der Waals surface area contributed by atoms with Gasteiger partial charge in [0.1, 0.15) is 0 Å². The van der Waals surface area contributed by atoms with Crippen molar-refractivity contribution in [3.05, 3.63) is 82.2 Å². The molecule has 2 amide bonds. The molecule has 0 saturated heterocycles. The van der Waals surface area contributed by atoms with Crippen LogP contribution in [-0.2, 0) is 0 Å². The van der Waals surface area contributed by atoms with Gasteiger partial charge in [-0.2, -0.15) is 5.10 Å². The molecule has 4 aromatic rings. The molecule has 5 rings (SSSR count). The van der Waals surface area contributed by atoms with E-state index in [4.69, 9.17) is 0 Å². The molecule has 0 spiro atoms. The topological polar surface area (TPSA) is 85.2 Å². The van der Waals surface area contributed by atoms with Crippen molar-refractivity contribution in [3.8, 4) is 5.69 Å². The highest BCUT2D eigenvalue weighted by molar-refractivity contribution is 6.37. The van der Waals surface area contributed by atoms with Crippen molar-refractivity contribution in [2.45, 2.75) is 27.7 Å². The molecule has 0 radical (unpaired) electrons. The number of nitrogens with zero attached hydrogens (tertiary/aromatic N) is 4. The molecule has 0 aliphatic carbocycles. The van der Waals surface area contributed by atoms with E-state index in [0.717, 1.165) is 16.2 Å². The molecule has 1 aliphatic heterocycles. The number of Topliss-reactive ketones (excluding diaryl/α,β-unsaturated/α-hetero) is 1. The van der Waals surface area contributed by atoms with Gasteiger partial charge in [0, 0.05) is 11.8 Å². The normalized spacial score (nSPS) is 13.2. The van der Waals surface area contributed by atoms with Gasteiger partial charge in [-0.3, -0.25) is 14.4 Å². The molecule has 0 atom stereocenters. The minimum absolute atomic E-state index is 0.0841. The highest BCUT2D eigenvalue weighted by Gasteiger charge is 2.40. The maximum Gasteiger partial charge on any atom is 0.267 e. The zero-order valence-corrected chi connectivity index (χ0v) is 18.1. The van der Waals surface area contributed by atoms with E-state index in [1.54, 1.807) is 28.9 Å². The molecule has 0 fully saturated rings.